The SMILES string of the molecule is C=CC(C)(C)C1=C(c2ccccc2)C2(C)CC(OCCCCc3ccccc3)=CC=C2C(=O)N1C. The maximum absolute atomic E-state index is 13.6. The van der Waals surface area contributed by atoms with Gasteiger partial charge >= 0.3 is 0 Å². The average Bonchev–Trinajstić information content (AvgIpc) is 2.86. The lowest BCUT2D eigenvalue weighted by Gasteiger charge is -2.48. The average molecular weight is 468 g/mol. The summed E-state index contributed by atoms with van der Waals surface area (Å²) in [5.41, 5.74) is 4.65. The Morgan fingerprint density at radius 3 is 2.34 bits per heavy atom. The molecule has 0 N–H and O–H groups in total. The van der Waals surface area contributed by atoms with Crippen molar-refractivity contribution in [2.24, 2.45) is 10.8 Å². The number of likely N-dealkylation sites (N-methyl/N-ethyl adjacent to an activating group) is 1. The molecule has 4 rings (SSSR count). The van der Waals surface area contributed by atoms with Gasteiger partial charge in [-0.15, -0.1) is 6.58 Å². The van der Waals surface area contributed by atoms with E-state index in [9.17, 15) is 4.79 Å². The monoisotopic (exact) mass is 467 g/mol. The fourth-order valence-corrected chi connectivity index (χ4v) is 5.39. The number of ether oxygens (including phenoxy) is 1. The minimum atomic E-state index is -0.477. The van der Waals surface area contributed by atoms with Gasteiger partial charge in [-0.1, -0.05) is 87.5 Å². The second-order valence-corrected chi connectivity index (χ2v) is 10.4. The van der Waals surface area contributed by atoms with Gasteiger partial charge in [-0.05, 0) is 48.1 Å². The standard InChI is InChI=1S/C32H37NO2/c1-6-31(2,3)29-28(25-18-11-8-12-19-25)32(4)23-26(20-21-27(32)30(34)33(29)5)35-22-14-13-17-24-15-9-7-10-16-24/h6-12,15-16,18-21H,1,13-14,17,22-23H2,2-5H3. The summed E-state index contributed by atoms with van der Waals surface area (Å²) in [6.45, 7) is 11.2. The van der Waals surface area contributed by atoms with Gasteiger partial charge in [0, 0.05) is 35.6 Å². The number of hydrogen-bond acceptors (Lipinski definition) is 2. The molecule has 35 heavy (non-hydrogen) atoms. The number of nitrogens with zero attached hydrogens (tertiary/aromatic N) is 1. The number of amides is 1. The second-order valence-electron chi connectivity index (χ2n) is 10.4. The highest BCUT2D eigenvalue weighted by molar-refractivity contribution is 6.04. The molecule has 1 aliphatic heterocycles. The number of carbonyl (C=O) groups is 1. The Morgan fingerprint density at radius 2 is 1.69 bits per heavy atom. The molecule has 3 nitrogen and oxygen atoms in total. The maximum atomic E-state index is 13.6. The lowest BCUT2D eigenvalue weighted by molar-refractivity contribution is -0.126. The molecule has 1 aliphatic carbocycles. The van der Waals surface area contributed by atoms with Crippen LogP contribution in [-0.2, 0) is 16.0 Å². The number of benzene rings is 2. The van der Waals surface area contributed by atoms with Crippen LogP contribution in [0.25, 0.3) is 5.57 Å². The molecule has 0 saturated carbocycles. The van der Waals surface area contributed by atoms with E-state index in [0.29, 0.717) is 13.0 Å². The van der Waals surface area contributed by atoms with Gasteiger partial charge < -0.3 is 9.64 Å². The Labute approximate surface area is 210 Å². The van der Waals surface area contributed by atoms with E-state index >= 15 is 0 Å². The van der Waals surface area contributed by atoms with Crippen LogP contribution in [0.3, 0.4) is 0 Å². The Hall–Kier alpha value is -3.33. The molecule has 1 atom stereocenters. The first-order valence-electron chi connectivity index (χ1n) is 12.6. The van der Waals surface area contributed by atoms with Gasteiger partial charge in [0.1, 0.15) is 0 Å². The molecule has 0 radical (unpaired) electrons. The fraction of sp³-hybridized carbons (Fsp3) is 0.344. The summed E-state index contributed by atoms with van der Waals surface area (Å²) in [5, 5.41) is 0. The fourth-order valence-electron chi connectivity index (χ4n) is 5.39. The van der Waals surface area contributed by atoms with Crippen LogP contribution < -0.4 is 0 Å². The molecular formula is C32H37NO2. The number of carbonyl (C=O) groups excluding carboxylic acids is 1. The quantitative estimate of drug-likeness (QED) is 0.285. The van der Waals surface area contributed by atoms with Crippen molar-refractivity contribution in [2.75, 3.05) is 13.7 Å². The first-order chi connectivity index (χ1) is 16.8. The van der Waals surface area contributed by atoms with Crippen LogP contribution >= 0.6 is 0 Å². The molecule has 3 heteroatoms. The van der Waals surface area contributed by atoms with Crippen LogP contribution in [0.2, 0.25) is 0 Å². The lowest BCUT2D eigenvalue weighted by atomic mass is 9.62. The normalized spacial score (nSPS) is 20.2. The van der Waals surface area contributed by atoms with Gasteiger partial charge in [0.05, 0.1) is 12.4 Å². The zero-order valence-corrected chi connectivity index (χ0v) is 21.5. The van der Waals surface area contributed by atoms with Crippen molar-refractivity contribution in [3.05, 3.63) is 114 Å². The van der Waals surface area contributed by atoms with Crippen molar-refractivity contribution < 1.29 is 9.53 Å². The van der Waals surface area contributed by atoms with Gasteiger partial charge in [-0.2, -0.15) is 0 Å². The number of hydrogen-bond donors (Lipinski definition) is 0. The van der Waals surface area contributed by atoms with E-state index in [1.807, 2.05) is 36.2 Å². The number of unbranched alkanes of at least 4 members (excludes halogenated alkanes) is 1. The summed E-state index contributed by atoms with van der Waals surface area (Å²) < 4.78 is 6.28. The summed E-state index contributed by atoms with van der Waals surface area (Å²) in [6.07, 6.45) is 9.72. The van der Waals surface area contributed by atoms with Crippen LogP contribution in [0.1, 0.15) is 51.2 Å². The van der Waals surface area contributed by atoms with E-state index < -0.39 is 5.41 Å². The molecule has 0 aromatic heterocycles. The van der Waals surface area contributed by atoms with E-state index in [1.54, 1.807) is 0 Å². The molecule has 0 saturated heterocycles. The molecule has 2 aromatic rings. The minimum absolute atomic E-state index is 0.0512. The zero-order chi connectivity index (χ0) is 25.1. The molecule has 182 valence electrons. The summed E-state index contributed by atoms with van der Waals surface area (Å²) in [5.74, 6) is 0.993. The van der Waals surface area contributed by atoms with E-state index in [-0.39, 0.29) is 11.3 Å². The van der Waals surface area contributed by atoms with E-state index in [4.69, 9.17) is 4.74 Å². The number of allylic oxidation sites excluding steroid dienone is 5. The molecule has 2 aliphatic rings. The predicted molar refractivity (Wildman–Crippen MR) is 144 cm³/mol. The van der Waals surface area contributed by atoms with Crippen LogP contribution in [0.5, 0.6) is 0 Å². The summed E-state index contributed by atoms with van der Waals surface area (Å²) in [6, 6.07) is 21.0. The van der Waals surface area contributed by atoms with Crippen LogP contribution in [-0.4, -0.2) is 24.5 Å². The highest BCUT2D eigenvalue weighted by Gasteiger charge is 2.49. The van der Waals surface area contributed by atoms with E-state index in [2.05, 4.69) is 81.9 Å². The molecule has 0 fully saturated rings. The van der Waals surface area contributed by atoms with Gasteiger partial charge in [0.15, 0.2) is 0 Å². The van der Waals surface area contributed by atoms with Crippen LogP contribution in [0.15, 0.2) is 102 Å². The predicted octanol–water partition coefficient (Wildman–Crippen LogP) is 7.34. The summed E-state index contributed by atoms with van der Waals surface area (Å²) in [7, 11) is 1.88. The third-order valence-electron chi connectivity index (χ3n) is 7.39. The first kappa shape index (κ1) is 24.8. The van der Waals surface area contributed by atoms with Crippen molar-refractivity contribution in [2.45, 2.75) is 46.5 Å². The van der Waals surface area contributed by atoms with Crippen molar-refractivity contribution >= 4 is 11.5 Å². The van der Waals surface area contributed by atoms with Crippen LogP contribution in [0.4, 0.5) is 0 Å². The number of fused-ring (bicyclic) bond motifs is 1. The Balaban J connectivity index is 1.60. The van der Waals surface area contributed by atoms with Crippen molar-refractivity contribution in [1.82, 2.24) is 4.90 Å². The molecule has 1 heterocycles. The van der Waals surface area contributed by atoms with Gasteiger partial charge in [-0.3, -0.25) is 4.79 Å². The van der Waals surface area contributed by atoms with E-state index in [0.717, 1.165) is 41.9 Å². The minimum Gasteiger partial charge on any atom is -0.498 e. The van der Waals surface area contributed by atoms with Gasteiger partial charge in [0.2, 0.25) is 0 Å². The topological polar surface area (TPSA) is 29.5 Å². The summed E-state index contributed by atoms with van der Waals surface area (Å²) >= 11 is 0. The van der Waals surface area contributed by atoms with Gasteiger partial charge in [-0.25, -0.2) is 0 Å². The lowest BCUT2D eigenvalue weighted by Crippen LogP contribution is -2.46. The third kappa shape index (κ3) is 4.91. The largest absolute Gasteiger partial charge is 0.498 e. The van der Waals surface area contributed by atoms with Gasteiger partial charge in [0.25, 0.3) is 5.91 Å². The number of rotatable bonds is 9. The highest BCUT2D eigenvalue weighted by atomic mass is 16.5. The molecular weight excluding hydrogens is 430 g/mol. The molecule has 0 bridgehead atoms. The molecule has 1 unspecified atom stereocenters. The maximum Gasteiger partial charge on any atom is 0.254 e. The highest BCUT2D eigenvalue weighted by Crippen LogP contribution is 2.56. The second kappa shape index (κ2) is 10.1. The van der Waals surface area contributed by atoms with Crippen molar-refractivity contribution in [1.29, 1.82) is 0 Å². The molecule has 2 aromatic carbocycles. The van der Waals surface area contributed by atoms with Crippen molar-refractivity contribution in [3.63, 3.8) is 0 Å². The smallest absolute Gasteiger partial charge is 0.254 e. The third-order valence-corrected chi connectivity index (χ3v) is 7.39. The Bertz CT molecular complexity index is 1170. The molecule has 0 spiro atoms. The van der Waals surface area contributed by atoms with Crippen LogP contribution in [0, 0.1) is 10.8 Å². The molecule has 1 amide bonds. The Kier molecular flexibility index (Phi) is 7.16. The Morgan fingerprint density at radius 1 is 1.03 bits per heavy atom. The zero-order valence-electron chi connectivity index (χ0n) is 21.5. The number of aryl methyl sites for hydroxylation is 1. The van der Waals surface area contributed by atoms with E-state index in [1.165, 1.54) is 11.1 Å². The first-order valence-corrected chi connectivity index (χ1v) is 12.6. The van der Waals surface area contributed by atoms with Crippen molar-refractivity contribution in [3.8, 4) is 0 Å². The summed E-state index contributed by atoms with van der Waals surface area (Å²) in [4.78, 5) is 15.4.